The lowest BCUT2D eigenvalue weighted by molar-refractivity contribution is -0.117. The van der Waals surface area contributed by atoms with Gasteiger partial charge >= 0.3 is 0 Å². The van der Waals surface area contributed by atoms with Crippen LogP contribution in [0, 0.1) is 16.7 Å². The van der Waals surface area contributed by atoms with Gasteiger partial charge in [-0.2, -0.15) is 0 Å². The maximum absolute atomic E-state index is 11.3. The fourth-order valence-corrected chi connectivity index (χ4v) is 4.48. The van der Waals surface area contributed by atoms with Gasteiger partial charge in [0.15, 0.2) is 0 Å². The Morgan fingerprint density at radius 1 is 1.10 bits per heavy atom. The molecule has 1 aliphatic heterocycles. The minimum absolute atomic E-state index is 0.0409. The molecule has 0 bridgehead atoms. The first-order valence-electron chi connectivity index (χ1n) is 8.46. The molecular formula is C17H34N2O. The summed E-state index contributed by atoms with van der Waals surface area (Å²) in [7, 11) is 0. The number of hydrogen-bond donors (Lipinski definition) is 3. The average molecular weight is 282 g/mol. The minimum Gasteiger partial charge on any atom is -0.389 e. The molecule has 2 rings (SSSR count). The highest BCUT2D eigenvalue weighted by atomic mass is 16.3. The Hall–Kier alpha value is -0.120. The van der Waals surface area contributed by atoms with Crippen LogP contribution in [0.1, 0.15) is 65.7 Å². The molecule has 0 aromatic rings. The van der Waals surface area contributed by atoms with Gasteiger partial charge in [0, 0.05) is 12.0 Å². The lowest BCUT2D eigenvalue weighted by Crippen LogP contribution is -2.55. The zero-order valence-electron chi connectivity index (χ0n) is 13.7. The molecular weight excluding hydrogens is 248 g/mol. The van der Waals surface area contributed by atoms with Crippen LogP contribution in [0.15, 0.2) is 0 Å². The Bertz CT molecular complexity index is 305. The van der Waals surface area contributed by atoms with Gasteiger partial charge in [-0.15, -0.1) is 0 Å². The van der Waals surface area contributed by atoms with Crippen molar-refractivity contribution in [2.75, 3.05) is 19.6 Å². The fourth-order valence-electron chi connectivity index (χ4n) is 4.48. The lowest BCUT2D eigenvalue weighted by Gasteiger charge is -2.52. The van der Waals surface area contributed by atoms with Gasteiger partial charge in [-0.05, 0) is 69.4 Å². The summed E-state index contributed by atoms with van der Waals surface area (Å²) in [5.41, 5.74) is 5.97. The van der Waals surface area contributed by atoms with Crippen molar-refractivity contribution in [3.05, 3.63) is 0 Å². The van der Waals surface area contributed by atoms with Crippen LogP contribution in [0.25, 0.3) is 0 Å². The van der Waals surface area contributed by atoms with E-state index in [0.29, 0.717) is 12.0 Å². The van der Waals surface area contributed by atoms with E-state index in [1.54, 1.807) is 0 Å². The van der Waals surface area contributed by atoms with Gasteiger partial charge in [-0.1, -0.05) is 20.8 Å². The third kappa shape index (κ3) is 3.05. The first kappa shape index (κ1) is 16.3. The summed E-state index contributed by atoms with van der Waals surface area (Å²) in [5.74, 6) is 0.773. The van der Waals surface area contributed by atoms with E-state index in [0.717, 1.165) is 51.1 Å². The third-order valence-corrected chi connectivity index (χ3v) is 6.20. The quantitative estimate of drug-likeness (QED) is 0.730. The summed E-state index contributed by atoms with van der Waals surface area (Å²) < 4.78 is 0. The van der Waals surface area contributed by atoms with Crippen molar-refractivity contribution < 1.29 is 5.11 Å². The Morgan fingerprint density at radius 3 is 2.30 bits per heavy atom. The van der Waals surface area contributed by atoms with Crippen molar-refractivity contribution in [2.24, 2.45) is 22.5 Å². The van der Waals surface area contributed by atoms with E-state index in [2.05, 4.69) is 26.1 Å². The highest BCUT2D eigenvalue weighted by molar-refractivity contribution is 5.03. The molecule has 0 radical (unpaired) electrons. The predicted octanol–water partition coefficient (Wildman–Crippen LogP) is 2.67. The van der Waals surface area contributed by atoms with Crippen LogP contribution in [0.4, 0.5) is 0 Å². The smallest absolute Gasteiger partial charge is 0.0728 e. The molecule has 0 spiro atoms. The molecule has 118 valence electrons. The number of hydrogen-bond acceptors (Lipinski definition) is 3. The van der Waals surface area contributed by atoms with Crippen LogP contribution in [0.2, 0.25) is 0 Å². The van der Waals surface area contributed by atoms with Crippen LogP contribution >= 0.6 is 0 Å². The van der Waals surface area contributed by atoms with Crippen LogP contribution in [0.3, 0.4) is 0 Å². The first-order valence-corrected chi connectivity index (χ1v) is 8.46. The van der Waals surface area contributed by atoms with Gasteiger partial charge in [0.25, 0.3) is 0 Å². The molecule has 20 heavy (non-hydrogen) atoms. The second kappa shape index (κ2) is 5.94. The SMILES string of the molecule is CC(C)(C)C1CCC(CN)(C2(O)CCCNCC2)CC1. The standard InChI is InChI=1S/C17H34N2O/c1-15(2,3)14-5-8-16(13-18,9-6-14)17(20)7-4-11-19-12-10-17/h14,19-20H,4-13,18H2,1-3H3. The predicted molar refractivity (Wildman–Crippen MR) is 84.6 cm³/mol. The molecule has 0 aromatic carbocycles. The normalized spacial score (nSPS) is 40.4. The number of nitrogens with one attached hydrogen (secondary N) is 1. The fraction of sp³-hybridized carbons (Fsp3) is 1.00. The van der Waals surface area contributed by atoms with Gasteiger partial charge in [0.1, 0.15) is 0 Å². The highest BCUT2D eigenvalue weighted by Crippen LogP contribution is 2.52. The Morgan fingerprint density at radius 2 is 1.75 bits per heavy atom. The minimum atomic E-state index is -0.548. The van der Waals surface area contributed by atoms with Crippen molar-refractivity contribution >= 4 is 0 Å². The molecule has 1 unspecified atom stereocenters. The van der Waals surface area contributed by atoms with E-state index < -0.39 is 5.60 Å². The van der Waals surface area contributed by atoms with E-state index in [4.69, 9.17) is 5.73 Å². The molecule has 1 atom stereocenters. The Labute approximate surface area is 124 Å². The monoisotopic (exact) mass is 282 g/mol. The summed E-state index contributed by atoms with van der Waals surface area (Å²) in [6.07, 6.45) is 7.49. The van der Waals surface area contributed by atoms with Crippen molar-refractivity contribution in [3.63, 3.8) is 0 Å². The van der Waals surface area contributed by atoms with E-state index >= 15 is 0 Å². The van der Waals surface area contributed by atoms with Crippen molar-refractivity contribution in [2.45, 2.75) is 71.3 Å². The summed E-state index contributed by atoms with van der Waals surface area (Å²) in [5, 5.41) is 14.7. The molecule has 0 amide bonds. The van der Waals surface area contributed by atoms with E-state index in [1.165, 1.54) is 12.8 Å². The second-order valence-corrected chi connectivity index (χ2v) is 8.26. The van der Waals surface area contributed by atoms with Crippen LogP contribution in [-0.2, 0) is 0 Å². The summed E-state index contributed by atoms with van der Waals surface area (Å²) in [6, 6.07) is 0. The van der Waals surface area contributed by atoms with Gasteiger partial charge in [-0.3, -0.25) is 0 Å². The van der Waals surface area contributed by atoms with Gasteiger partial charge in [-0.25, -0.2) is 0 Å². The van der Waals surface area contributed by atoms with Gasteiger partial charge < -0.3 is 16.2 Å². The average Bonchev–Trinajstić information content (AvgIpc) is 2.64. The maximum Gasteiger partial charge on any atom is 0.0728 e. The van der Waals surface area contributed by atoms with Crippen LogP contribution in [0.5, 0.6) is 0 Å². The Balaban J connectivity index is 2.11. The largest absolute Gasteiger partial charge is 0.389 e. The molecule has 2 fully saturated rings. The van der Waals surface area contributed by atoms with Gasteiger partial charge in [0.2, 0.25) is 0 Å². The zero-order chi connectivity index (χ0) is 14.9. The summed E-state index contributed by atoms with van der Waals surface area (Å²) in [6.45, 7) is 9.64. The lowest BCUT2D eigenvalue weighted by atomic mass is 9.56. The number of nitrogens with two attached hydrogens (primary N) is 1. The third-order valence-electron chi connectivity index (χ3n) is 6.20. The van der Waals surface area contributed by atoms with Crippen LogP contribution in [-0.4, -0.2) is 30.3 Å². The molecule has 2 aliphatic rings. The van der Waals surface area contributed by atoms with Gasteiger partial charge in [0.05, 0.1) is 5.60 Å². The van der Waals surface area contributed by atoms with E-state index in [-0.39, 0.29) is 5.41 Å². The van der Waals surface area contributed by atoms with Crippen LogP contribution < -0.4 is 11.1 Å². The van der Waals surface area contributed by atoms with Crippen molar-refractivity contribution in [1.29, 1.82) is 0 Å². The molecule has 1 saturated heterocycles. The number of rotatable bonds is 2. The van der Waals surface area contributed by atoms with E-state index in [9.17, 15) is 5.11 Å². The van der Waals surface area contributed by atoms with E-state index in [1.807, 2.05) is 0 Å². The second-order valence-electron chi connectivity index (χ2n) is 8.26. The molecule has 1 heterocycles. The molecule has 1 aliphatic carbocycles. The van der Waals surface area contributed by atoms with Crippen molar-refractivity contribution in [1.82, 2.24) is 5.32 Å². The summed E-state index contributed by atoms with van der Waals surface area (Å²) >= 11 is 0. The topological polar surface area (TPSA) is 58.3 Å². The number of aliphatic hydroxyl groups is 1. The molecule has 3 heteroatoms. The van der Waals surface area contributed by atoms with Crippen molar-refractivity contribution in [3.8, 4) is 0 Å². The summed E-state index contributed by atoms with van der Waals surface area (Å²) in [4.78, 5) is 0. The molecule has 1 saturated carbocycles. The first-order chi connectivity index (χ1) is 9.33. The Kier molecular flexibility index (Phi) is 4.83. The molecule has 3 nitrogen and oxygen atoms in total. The molecule has 4 N–H and O–H groups in total. The highest BCUT2D eigenvalue weighted by Gasteiger charge is 2.51. The zero-order valence-corrected chi connectivity index (χ0v) is 13.7. The molecule has 0 aromatic heterocycles. The maximum atomic E-state index is 11.3.